The molecule has 166 valence electrons. The molecule has 0 bridgehead atoms. The molecule has 7 heteroatoms. The fourth-order valence-electron chi connectivity index (χ4n) is 4.80. The van der Waals surface area contributed by atoms with Gasteiger partial charge in [0.2, 0.25) is 0 Å². The number of rotatable bonds is 4. The molecule has 3 aliphatic heterocycles. The molecule has 2 fully saturated rings. The summed E-state index contributed by atoms with van der Waals surface area (Å²) in [7, 11) is 0. The Morgan fingerprint density at radius 1 is 1.16 bits per heavy atom. The van der Waals surface area contributed by atoms with Crippen molar-refractivity contribution in [3.63, 3.8) is 0 Å². The topological polar surface area (TPSA) is 96.3 Å². The van der Waals surface area contributed by atoms with E-state index in [0.717, 1.165) is 24.2 Å². The number of ether oxygens (including phenoxy) is 2. The van der Waals surface area contributed by atoms with Gasteiger partial charge in [-0.15, -0.1) is 0 Å². The minimum Gasteiger partial charge on any atom is -0.508 e. The summed E-state index contributed by atoms with van der Waals surface area (Å²) < 4.78 is 11.4. The second kappa shape index (κ2) is 7.98. The van der Waals surface area contributed by atoms with E-state index in [1.165, 1.54) is 17.0 Å². The number of benzene rings is 2. The summed E-state index contributed by atoms with van der Waals surface area (Å²) in [4.78, 5) is 27.6. The highest BCUT2D eigenvalue weighted by molar-refractivity contribution is 6.46. The van der Waals surface area contributed by atoms with Crippen LogP contribution in [-0.4, -0.2) is 52.2 Å². The van der Waals surface area contributed by atoms with Crippen molar-refractivity contribution in [3.8, 4) is 11.5 Å². The molecular formula is C25H25NO6. The number of aliphatic hydroxyl groups is 1. The third-order valence-electron chi connectivity index (χ3n) is 6.34. The average molecular weight is 435 g/mol. The zero-order chi connectivity index (χ0) is 22.4. The Bertz CT molecular complexity index is 1100. The van der Waals surface area contributed by atoms with Gasteiger partial charge in [-0.2, -0.15) is 0 Å². The predicted octanol–water partition coefficient (Wildman–Crippen LogP) is 3.32. The number of likely N-dealkylation sites (tertiary alicyclic amines) is 1. The molecule has 3 aliphatic rings. The number of ketones is 1. The molecule has 5 rings (SSSR count). The number of nitrogens with zero attached hydrogens (tertiary/aromatic N) is 1. The maximum atomic E-state index is 13.1. The van der Waals surface area contributed by atoms with Crippen LogP contribution in [0.2, 0.25) is 0 Å². The van der Waals surface area contributed by atoms with Gasteiger partial charge in [0.25, 0.3) is 11.7 Å². The van der Waals surface area contributed by atoms with Crippen LogP contribution in [0.1, 0.15) is 42.5 Å². The third-order valence-corrected chi connectivity index (χ3v) is 6.34. The fraction of sp³-hybridized carbons (Fsp3) is 0.360. The van der Waals surface area contributed by atoms with Crippen LogP contribution in [0.4, 0.5) is 0 Å². The van der Waals surface area contributed by atoms with Crippen LogP contribution in [-0.2, 0) is 20.7 Å². The summed E-state index contributed by atoms with van der Waals surface area (Å²) in [5.41, 5.74) is 2.11. The van der Waals surface area contributed by atoms with Crippen molar-refractivity contribution in [2.24, 2.45) is 0 Å². The van der Waals surface area contributed by atoms with Gasteiger partial charge in [0.15, 0.2) is 0 Å². The van der Waals surface area contributed by atoms with Gasteiger partial charge in [0.1, 0.15) is 23.4 Å². The molecule has 2 aromatic carbocycles. The number of phenolic OH excluding ortho intramolecular Hbond substituents is 1. The Morgan fingerprint density at radius 2 is 1.94 bits per heavy atom. The van der Waals surface area contributed by atoms with Gasteiger partial charge in [0.05, 0.1) is 17.7 Å². The monoisotopic (exact) mass is 435 g/mol. The molecule has 7 nitrogen and oxygen atoms in total. The molecule has 2 saturated heterocycles. The molecule has 3 atom stereocenters. The molecule has 0 aliphatic carbocycles. The van der Waals surface area contributed by atoms with Crippen molar-refractivity contribution in [1.29, 1.82) is 0 Å². The first kappa shape index (κ1) is 20.6. The number of aromatic hydroxyl groups is 1. The number of hydrogen-bond donors (Lipinski definition) is 2. The van der Waals surface area contributed by atoms with Crippen molar-refractivity contribution in [2.75, 3.05) is 13.2 Å². The van der Waals surface area contributed by atoms with E-state index in [1.807, 2.05) is 13.0 Å². The van der Waals surface area contributed by atoms with E-state index in [0.29, 0.717) is 24.2 Å². The maximum absolute atomic E-state index is 13.1. The van der Waals surface area contributed by atoms with Gasteiger partial charge in [-0.1, -0.05) is 12.1 Å². The molecule has 32 heavy (non-hydrogen) atoms. The molecule has 0 radical (unpaired) electrons. The Morgan fingerprint density at radius 3 is 2.66 bits per heavy atom. The third kappa shape index (κ3) is 3.52. The van der Waals surface area contributed by atoms with Crippen LogP contribution in [0.5, 0.6) is 11.5 Å². The van der Waals surface area contributed by atoms with E-state index in [2.05, 4.69) is 0 Å². The Balaban J connectivity index is 1.59. The van der Waals surface area contributed by atoms with Crippen molar-refractivity contribution >= 4 is 17.4 Å². The van der Waals surface area contributed by atoms with Crippen LogP contribution in [0.25, 0.3) is 5.76 Å². The highest BCUT2D eigenvalue weighted by Gasteiger charge is 2.47. The number of carbonyl (C=O) groups is 2. The minimum atomic E-state index is -0.761. The second-order valence-corrected chi connectivity index (χ2v) is 8.63. The largest absolute Gasteiger partial charge is 0.508 e. The molecule has 2 aromatic rings. The summed E-state index contributed by atoms with van der Waals surface area (Å²) in [5, 5.41) is 21.0. The van der Waals surface area contributed by atoms with Crippen LogP contribution in [0, 0.1) is 0 Å². The van der Waals surface area contributed by atoms with Crippen LogP contribution >= 0.6 is 0 Å². The molecule has 0 spiro atoms. The Hall–Kier alpha value is -3.32. The Kier molecular flexibility index (Phi) is 5.13. The van der Waals surface area contributed by atoms with Crippen molar-refractivity contribution < 1.29 is 29.3 Å². The van der Waals surface area contributed by atoms with Crippen LogP contribution in [0.3, 0.4) is 0 Å². The average Bonchev–Trinajstić information content (AvgIpc) is 3.48. The number of phenols is 1. The molecule has 0 unspecified atom stereocenters. The number of aliphatic hydroxyl groups excluding tert-OH is 1. The number of fused-ring (bicyclic) bond motifs is 1. The van der Waals surface area contributed by atoms with Gasteiger partial charge in [-0.3, -0.25) is 9.59 Å². The molecular weight excluding hydrogens is 410 g/mol. The highest BCUT2D eigenvalue weighted by atomic mass is 16.5. The minimum absolute atomic E-state index is 0.0469. The highest BCUT2D eigenvalue weighted by Crippen LogP contribution is 2.41. The van der Waals surface area contributed by atoms with E-state index in [1.54, 1.807) is 24.3 Å². The van der Waals surface area contributed by atoms with Gasteiger partial charge in [-0.25, -0.2) is 0 Å². The van der Waals surface area contributed by atoms with Crippen molar-refractivity contribution in [2.45, 2.75) is 44.4 Å². The van der Waals surface area contributed by atoms with E-state index < -0.39 is 17.7 Å². The van der Waals surface area contributed by atoms with Gasteiger partial charge < -0.3 is 24.6 Å². The Labute approximate surface area is 185 Å². The lowest BCUT2D eigenvalue weighted by Gasteiger charge is -2.27. The van der Waals surface area contributed by atoms with E-state index in [4.69, 9.17) is 9.47 Å². The first-order valence-electron chi connectivity index (χ1n) is 10.9. The lowest BCUT2D eigenvalue weighted by Crippen LogP contribution is -2.36. The molecule has 3 heterocycles. The number of Topliss-reactive ketones (excluding diaryl/α,β-unsaturated/α-hetero) is 1. The van der Waals surface area contributed by atoms with Gasteiger partial charge >= 0.3 is 0 Å². The standard InChI is InChI=1S/C25H25NO6/c1-14-11-17-12-16(6-9-20(17)32-14)23(28)21-22(15-4-7-18(27)8-5-15)26(25(30)24(21)29)13-19-3-2-10-31-19/h4-9,12,14,19,22,27-28H,2-3,10-11,13H2,1H3/t14-,19-,22+/m0/s1. The zero-order valence-corrected chi connectivity index (χ0v) is 17.8. The van der Waals surface area contributed by atoms with Gasteiger partial charge in [0, 0.05) is 25.1 Å². The summed E-state index contributed by atoms with van der Waals surface area (Å²) >= 11 is 0. The maximum Gasteiger partial charge on any atom is 0.295 e. The van der Waals surface area contributed by atoms with E-state index in [-0.39, 0.29) is 35.8 Å². The molecule has 2 N–H and O–H groups in total. The lowest BCUT2D eigenvalue weighted by molar-refractivity contribution is -0.140. The van der Waals surface area contributed by atoms with Crippen LogP contribution in [0.15, 0.2) is 48.0 Å². The quantitative estimate of drug-likeness (QED) is 0.435. The van der Waals surface area contributed by atoms with Crippen molar-refractivity contribution in [1.82, 2.24) is 4.90 Å². The second-order valence-electron chi connectivity index (χ2n) is 8.63. The van der Waals surface area contributed by atoms with E-state index in [9.17, 15) is 19.8 Å². The van der Waals surface area contributed by atoms with Crippen molar-refractivity contribution in [3.05, 3.63) is 64.7 Å². The van der Waals surface area contributed by atoms with E-state index >= 15 is 0 Å². The predicted molar refractivity (Wildman–Crippen MR) is 116 cm³/mol. The summed E-state index contributed by atoms with van der Waals surface area (Å²) in [6.07, 6.45) is 2.34. The zero-order valence-electron chi connectivity index (χ0n) is 17.8. The first-order chi connectivity index (χ1) is 15.4. The lowest BCUT2D eigenvalue weighted by atomic mass is 9.94. The molecule has 1 amide bonds. The SMILES string of the molecule is C[C@H]1Cc2cc(C(O)=C3C(=O)C(=O)N(C[C@@H]4CCCO4)[C@@H]3c3ccc(O)cc3)ccc2O1. The first-order valence-corrected chi connectivity index (χ1v) is 10.9. The summed E-state index contributed by atoms with van der Waals surface area (Å²) in [6, 6.07) is 10.9. The normalized spacial score (nSPS) is 26.4. The molecule has 0 saturated carbocycles. The molecule has 0 aromatic heterocycles. The summed E-state index contributed by atoms with van der Waals surface area (Å²) in [5.74, 6) is -0.735. The number of amides is 1. The summed E-state index contributed by atoms with van der Waals surface area (Å²) in [6.45, 7) is 2.87. The smallest absolute Gasteiger partial charge is 0.295 e. The van der Waals surface area contributed by atoms with Gasteiger partial charge in [-0.05, 0) is 61.2 Å². The number of hydrogen-bond acceptors (Lipinski definition) is 6. The fourth-order valence-corrected chi connectivity index (χ4v) is 4.80. The van der Waals surface area contributed by atoms with Crippen LogP contribution < -0.4 is 4.74 Å². The number of carbonyl (C=O) groups excluding carboxylic acids is 2.